The van der Waals surface area contributed by atoms with Gasteiger partial charge in [-0.3, -0.25) is 9.59 Å². The Bertz CT molecular complexity index is 2590. The third-order valence-electron chi connectivity index (χ3n) is 10.8. The van der Waals surface area contributed by atoms with Crippen LogP contribution in [0.5, 0.6) is 0 Å². The zero-order valence-corrected chi connectivity index (χ0v) is 45.4. The zero-order chi connectivity index (χ0) is 47.0. The molecular formula is C41H57KN4O12S6. The molecule has 0 bridgehead atoms. The summed E-state index contributed by atoms with van der Waals surface area (Å²) in [6, 6.07) is 8.68. The van der Waals surface area contributed by atoms with E-state index in [4.69, 9.17) is 0 Å². The molecule has 0 atom stereocenters. The molecule has 0 aromatic heterocycles. The fraction of sp³-hybridized carbons (Fsp3) is 0.537. The summed E-state index contributed by atoms with van der Waals surface area (Å²) in [7, 11) is -14.3. The van der Waals surface area contributed by atoms with E-state index < -0.39 is 48.8 Å². The first-order valence-electron chi connectivity index (χ1n) is 20.4. The van der Waals surface area contributed by atoms with Crippen molar-refractivity contribution in [1.82, 2.24) is 10.6 Å². The molecule has 2 amide bonds. The molecule has 2 aromatic rings. The van der Waals surface area contributed by atoms with Crippen LogP contribution in [0, 0.1) is 0 Å². The minimum atomic E-state index is -4.74. The van der Waals surface area contributed by atoms with Gasteiger partial charge in [-0.25, -0.2) is 33.7 Å². The van der Waals surface area contributed by atoms with Gasteiger partial charge in [-0.2, -0.15) is 4.58 Å². The average molecular weight is 1030 g/mol. The fourth-order valence-electron chi connectivity index (χ4n) is 7.74. The Hall–Kier alpha value is -1.61. The Balaban J connectivity index is 0.0000109. The molecule has 0 saturated carbocycles. The van der Waals surface area contributed by atoms with E-state index >= 15 is 0 Å². The van der Waals surface area contributed by atoms with Gasteiger partial charge in [0.2, 0.25) is 17.5 Å². The molecule has 2 N–H and O–H groups in total. The van der Waals surface area contributed by atoms with Crippen LogP contribution in [0.1, 0.15) is 90.2 Å². The van der Waals surface area contributed by atoms with Crippen LogP contribution in [0.15, 0.2) is 70.1 Å². The minimum absolute atomic E-state index is 0. The molecule has 350 valence electrons. The van der Waals surface area contributed by atoms with E-state index in [9.17, 15) is 52.4 Å². The molecule has 64 heavy (non-hydrogen) atoms. The maximum atomic E-state index is 12.4. The molecule has 0 aliphatic carbocycles. The van der Waals surface area contributed by atoms with Crippen molar-refractivity contribution in [2.75, 3.05) is 55.1 Å². The second kappa shape index (κ2) is 23.6. The van der Waals surface area contributed by atoms with Crippen molar-refractivity contribution in [3.05, 3.63) is 71.5 Å². The van der Waals surface area contributed by atoms with Crippen molar-refractivity contribution in [2.45, 2.75) is 99.7 Å². The largest absolute Gasteiger partial charge is 1.00 e. The van der Waals surface area contributed by atoms with Crippen LogP contribution in [0.25, 0.3) is 0 Å². The van der Waals surface area contributed by atoms with Crippen LogP contribution in [0.2, 0.25) is 0 Å². The molecule has 0 radical (unpaired) electrons. The van der Waals surface area contributed by atoms with Gasteiger partial charge in [0.05, 0.1) is 15.2 Å². The minimum Gasteiger partial charge on any atom is -0.744 e. The number of benzene rings is 2. The molecule has 4 rings (SSSR count). The van der Waals surface area contributed by atoms with Crippen LogP contribution in [-0.4, -0.2) is 115 Å². The maximum absolute atomic E-state index is 12.4. The second-order valence-corrected chi connectivity index (χ2v) is 28.4. The van der Waals surface area contributed by atoms with Crippen molar-refractivity contribution >= 4 is 88.5 Å². The van der Waals surface area contributed by atoms with E-state index in [0.29, 0.717) is 62.7 Å². The first kappa shape index (κ1) is 56.7. The number of fused-ring (bicyclic) bond motifs is 2. The Labute approximate surface area is 428 Å². The molecule has 0 fully saturated rings. The number of nitrogens with one attached hydrogen (secondary N) is 2. The summed E-state index contributed by atoms with van der Waals surface area (Å²) in [5.41, 5.74) is 2.93. The van der Waals surface area contributed by atoms with Crippen LogP contribution in [-0.2, 0) is 58.4 Å². The number of nitrogens with zero attached hydrogens (tertiary/aromatic N) is 2. The monoisotopic (exact) mass is 1030 g/mol. The van der Waals surface area contributed by atoms with Gasteiger partial charge < -0.3 is 24.6 Å². The summed E-state index contributed by atoms with van der Waals surface area (Å²) in [5, 5.41) is 5.47. The van der Waals surface area contributed by atoms with E-state index in [2.05, 4.69) is 20.1 Å². The van der Waals surface area contributed by atoms with Crippen molar-refractivity contribution in [3.63, 3.8) is 0 Å². The fourth-order valence-corrected chi connectivity index (χ4v) is 12.0. The molecule has 2 aliphatic heterocycles. The van der Waals surface area contributed by atoms with Gasteiger partial charge >= 0.3 is 51.4 Å². The molecule has 0 saturated heterocycles. The normalized spacial score (nSPS) is 16.5. The number of unbranched alkanes of at least 4 members (excludes halogenated alkanes) is 4. The number of amides is 2. The van der Waals surface area contributed by atoms with Crippen LogP contribution in [0.3, 0.4) is 0 Å². The summed E-state index contributed by atoms with van der Waals surface area (Å²) >= 11 is 0. The van der Waals surface area contributed by atoms with E-state index in [-0.39, 0.29) is 110 Å². The van der Waals surface area contributed by atoms with Crippen molar-refractivity contribution in [2.24, 2.45) is 0 Å². The number of carbonyl (C=O) groups is 2. The molecule has 16 nitrogen and oxygen atoms in total. The summed E-state index contributed by atoms with van der Waals surface area (Å²) in [6.45, 7) is 9.25. The van der Waals surface area contributed by atoms with Gasteiger partial charge in [-0.15, -0.1) is 0 Å². The summed E-state index contributed by atoms with van der Waals surface area (Å²) in [5.74, 6) is 0.155. The predicted octanol–water partition coefficient (Wildman–Crippen LogP) is 1.85. The SMILES string of the molecule is CC1(C)C(=CC=CC2=[N+](CCCCCC(=O)NCCSS(C)(=O)=O)c3ccc(S(=O)(=O)[O-])cc3C2(C)C)N(CCCCCC(=O)NCCSS(C)(=O)=O)c2ccc(S(=O)(=O)[O-])cc21.[K+]. The van der Waals surface area contributed by atoms with Gasteiger partial charge in [0.25, 0.3) is 0 Å². The van der Waals surface area contributed by atoms with Crippen LogP contribution >= 0.6 is 21.6 Å². The third kappa shape index (κ3) is 16.3. The summed E-state index contributed by atoms with van der Waals surface area (Å²) < 4.78 is 120. The first-order valence-corrected chi connectivity index (χ1v) is 30.0. The second-order valence-electron chi connectivity index (χ2n) is 16.5. The topological polar surface area (TPSA) is 247 Å². The van der Waals surface area contributed by atoms with Gasteiger partial charge in [0.15, 0.2) is 23.5 Å². The molecule has 2 aliphatic rings. The smallest absolute Gasteiger partial charge is 0.744 e. The molecule has 2 heterocycles. The standard InChI is InChI=1S/C41H58N4O12S6.K/c1-40(2)32-28-30(62(52,53)54)18-20-34(32)44(24-11-7-9-16-38(46)42-22-26-58-60(5,48)49)36(40)14-13-15-37-41(3,4)33-29-31(63(55,56)57)19-21-35(33)45(37)25-12-8-10-17-39(47)43-23-27-59-61(6,50)51;/h13-15,18-21,28-29H,7-12,16-17,22-27H2,1-6H3,(H3-,42,43,46,47,52,53,54,55,56,57);/q;+1/p-1. The Kier molecular flexibility index (Phi) is 20.9. The number of rotatable bonds is 24. The number of allylic oxidation sites excluding steroid dienone is 4. The number of carbonyl (C=O) groups excluding carboxylic acids is 2. The van der Waals surface area contributed by atoms with Crippen molar-refractivity contribution in [1.29, 1.82) is 0 Å². The third-order valence-corrected chi connectivity index (χ3v) is 17.7. The van der Waals surface area contributed by atoms with Crippen LogP contribution < -0.4 is 66.9 Å². The quantitative estimate of drug-likeness (QED) is 0.0501. The van der Waals surface area contributed by atoms with Gasteiger partial charge in [0.1, 0.15) is 26.8 Å². The maximum Gasteiger partial charge on any atom is 1.00 e. The van der Waals surface area contributed by atoms with E-state index in [0.717, 1.165) is 56.9 Å². The molecule has 0 spiro atoms. The Morgan fingerprint density at radius 2 is 1.20 bits per heavy atom. The number of anilines is 1. The molecular weight excluding hydrogens is 972 g/mol. The van der Waals surface area contributed by atoms with Crippen molar-refractivity contribution < 1.29 is 108 Å². The molecule has 2 aromatic carbocycles. The van der Waals surface area contributed by atoms with E-state index in [1.165, 1.54) is 24.3 Å². The van der Waals surface area contributed by atoms with Gasteiger partial charge in [-0.05, 0) is 103 Å². The number of hydrogen-bond donors (Lipinski definition) is 2. The Morgan fingerprint density at radius 1 is 0.703 bits per heavy atom. The predicted molar refractivity (Wildman–Crippen MR) is 247 cm³/mol. The van der Waals surface area contributed by atoms with Crippen molar-refractivity contribution in [3.8, 4) is 0 Å². The summed E-state index contributed by atoms with van der Waals surface area (Å²) in [4.78, 5) is 26.1. The van der Waals surface area contributed by atoms with Gasteiger partial charge in [-0.1, -0.05) is 26.3 Å². The Morgan fingerprint density at radius 3 is 1.72 bits per heavy atom. The first-order chi connectivity index (χ1) is 29.1. The summed E-state index contributed by atoms with van der Waals surface area (Å²) in [6.07, 6.45) is 12.4. The average Bonchev–Trinajstić information content (AvgIpc) is 3.51. The van der Waals surface area contributed by atoms with Gasteiger partial charge in [0, 0.05) is 97.4 Å². The number of hydrogen-bond acceptors (Lipinski definition) is 15. The van der Waals surface area contributed by atoms with Crippen LogP contribution in [0.4, 0.5) is 11.4 Å². The van der Waals surface area contributed by atoms with E-state index in [1.54, 1.807) is 12.1 Å². The molecule has 0 unspecified atom stereocenters. The molecule has 23 heteroatoms. The zero-order valence-electron chi connectivity index (χ0n) is 37.3. The van der Waals surface area contributed by atoms with E-state index in [1.807, 2.05) is 45.9 Å².